The van der Waals surface area contributed by atoms with Crippen LogP contribution in [0.4, 0.5) is 10.1 Å². The van der Waals surface area contributed by atoms with Gasteiger partial charge in [0, 0.05) is 24.7 Å². The first-order chi connectivity index (χ1) is 12.9. The van der Waals surface area contributed by atoms with Crippen LogP contribution < -0.4 is 9.62 Å². The predicted octanol–water partition coefficient (Wildman–Crippen LogP) is 3.64. The minimum atomic E-state index is -3.62. The lowest BCUT2D eigenvalue weighted by atomic mass is 10.1. The molecular weight excluding hydrogens is 387 g/mol. The second-order valence-electron chi connectivity index (χ2n) is 5.73. The molecule has 0 saturated heterocycles. The van der Waals surface area contributed by atoms with Gasteiger partial charge in [-0.05, 0) is 41.8 Å². The molecule has 1 aromatic heterocycles. The number of benzene rings is 2. The van der Waals surface area contributed by atoms with E-state index in [1.807, 2.05) is 0 Å². The molecule has 5 nitrogen and oxygen atoms in total. The fraction of sp³-hybridized carbons (Fsp3) is 0.105. The van der Waals surface area contributed by atoms with Crippen LogP contribution in [-0.2, 0) is 16.6 Å². The van der Waals surface area contributed by atoms with Crippen molar-refractivity contribution in [2.24, 2.45) is 0 Å². The van der Waals surface area contributed by atoms with Crippen molar-refractivity contribution in [3.8, 4) is 0 Å². The normalized spacial score (nSPS) is 11.2. The van der Waals surface area contributed by atoms with Crippen LogP contribution in [0.25, 0.3) is 0 Å². The lowest BCUT2D eigenvalue weighted by Crippen LogP contribution is -2.26. The van der Waals surface area contributed by atoms with Gasteiger partial charge < -0.3 is 5.32 Å². The molecular formula is C19H17FN2O3S2. The molecule has 0 aliphatic rings. The van der Waals surface area contributed by atoms with Crippen LogP contribution in [0.5, 0.6) is 0 Å². The maximum atomic E-state index is 13.6. The average Bonchev–Trinajstić information content (AvgIpc) is 3.22. The number of halogens is 1. The second-order valence-corrected chi connectivity index (χ2v) is 8.87. The van der Waals surface area contributed by atoms with E-state index >= 15 is 0 Å². The number of rotatable bonds is 6. The zero-order valence-corrected chi connectivity index (χ0v) is 16.1. The number of nitrogens with one attached hydrogen (secondary N) is 1. The molecule has 0 saturated carbocycles. The lowest BCUT2D eigenvalue weighted by Gasteiger charge is -2.18. The standard InChI is InChI=1S/C19H17FN2O3S2/c1-22(27(24,25)18-7-4-12-26-18)16-10-8-14(9-11-16)19(23)21-13-15-5-2-3-6-17(15)20/h2-12H,13H2,1H3,(H,21,23). The molecule has 3 rings (SSSR count). The Morgan fingerprint density at radius 3 is 2.41 bits per heavy atom. The van der Waals surface area contributed by atoms with E-state index in [1.54, 1.807) is 47.8 Å². The van der Waals surface area contributed by atoms with Crippen LogP contribution in [0.3, 0.4) is 0 Å². The molecule has 0 unspecified atom stereocenters. The van der Waals surface area contributed by atoms with E-state index in [9.17, 15) is 17.6 Å². The van der Waals surface area contributed by atoms with Gasteiger partial charge in [-0.3, -0.25) is 9.10 Å². The average molecular weight is 404 g/mol. The fourth-order valence-electron chi connectivity index (χ4n) is 2.43. The highest BCUT2D eigenvalue weighted by molar-refractivity contribution is 7.94. The Labute approximate surface area is 161 Å². The molecule has 140 valence electrons. The largest absolute Gasteiger partial charge is 0.348 e. The Kier molecular flexibility index (Phi) is 5.57. The third-order valence-corrected chi connectivity index (χ3v) is 7.16. The zero-order valence-electron chi connectivity index (χ0n) is 14.4. The molecule has 1 amide bonds. The van der Waals surface area contributed by atoms with Crippen LogP contribution in [0.1, 0.15) is 15.9 Å². The molecule has 0 bridgehead atoms. The Bertz CT molecular complexity index is 1030. The highest BCUT2D eigenvalue weighted by atomic mass is 32.2. The summed E-state index contributed by atoms with van der Waals surface area (Å²) in [6.07, 6.45) is 0. The van der Waals surface area contributed by atoms with Crippen molar-refractivity contribution in [2.45, 2.75) is 10.8 Å². The quantitative estimate of drug-likeness (QED) is 0.682. The summed E-state index contributed by atoms with van der Waals surface area (Å²) in [7, 11) is -2.16. The Hall–Kier alpha value is -2.71. The third-order valence-electron chi connectivity index (χ3n) is 4.00. The molecule has 0 atom stereocenters. The maximum Gasteiger partial charge on any atom is 0.273 e. The second kappa shape index (κ2) is 7.89. The predicted molar refractivity (Wildman–Crippen MR) is 104 cm³/mol. The van der Waals surface area contributed by atoms with Gasteiger partial charge in [-0.25, -0.2) is 12.8 Å². The molecule has 27 heavy (non-hydrogen) atoms. The topological polar surface area (TPSA) is 66.5 Å². The summed E-state index contributed by atoms with van der Waals surface area (Å²) in [6, 6.07) is 15.6. The van der Waals surface area contributed by atoms with Crippen LogP contribution in [-0.4, -0.2) is 21.4 Å². The van der Waals surface area contributed by atoms with E-state index in [1.165, 1.54) is 29.6 Å². The summed E-state index contributed by atoms with van der Waals surface area (Å²) in [5.74, 6) is -0.748. The van der Waals surface area contributed by atoms with Crippen molar-refractivity contribution < 1.29 is 17.6 Å². The SMILES string of the molecule is CN(c1ccc(C(=O)NCc2ccccc2F)cc1)S(=O)(=O)c1cccs1. The minimum Gasteiger partial charge on any atom is -0.348 e. The molecule has 8 heteroatoms. The molecule has 1 heterocycles. The Morgan fingerprint density at radius 1 is 1.07 bits per heavy atom. The van der Waals surface area contributed by atoms with Crippen molar-refractivity contribution in [3.63, 3.8) is 0 Å². The number of hydrogen-bond acceptors (Lipinski definition) is 4. The monoisotopic (exact) mass is 404 g/mol. The number of carbonyl (C=O) groups excluding carboxylic acids is 1. The van der Waals surface area contributed by atoms with Crippen LogP contribution in [0, 0.1) is 5.82 Å². The van der Waals surface area contributed by atoms with Gasteiger partial charge in [0.25, 0.3) is 15.9 Å². The first-order valence-corrected chi connectivity index (χ1v) is 10.4. The fourth-order valence-corrected chi connectivity index (χ4v) is 4.78. The van der Waals surface area contributed by atoms with Gasteiger partial charge in [0.15, 0.2) is 0 Å². The van der Waals surface area contributed by atoms with E-state index < -0.39 is 10.0 Å². The van der Waals surface area contributed by atoms with Gasteiger partial charge in [0.2, 0.25) is 0 Å². The van der Waals surface area contributed by atoms with Gasteiger partial charge in [-0.1, -0.05) is 24.3 Å². The maximum absolute atomic E-state index is 13.6. The van der Waals surface area contributed by atoms with Crippen molar-refractivity contribution in [1.29, 1.82) is 0 Å². The number of amides is 1. The highest BCUT2D eigenvalue weighted by Gasteiger charge is 2.22. The summed E-state index contributed by atoms with van der Waals surface area (Å²) in [6.45, 7) is 0.0694. The summed E-state index contributed by atoms with van der Waals surface area (Å²) >= 11 is 1.14. The Balaban J connectivity index is 1.69. The van der Waals surface area contributed by atoms with Gasteiger partial charge in [-0.15, -0.1) is 11.3 Å². The van der Waals surface area contributed by atoms with E-state index in [4.69, 9.17) is 0 Å². The first kappa shape index (κ1) is 19.1. The van der Waals surface area contributed by atoms with Gasteiger partial charge in [0.05, 0.1) is 5.69 Å². The summed E-state index contributed by atoms with van der Waals surface area (Å²) in [5, 5.41) is 4.35. The number of carbonyl (C=O) groups is 1. The lowest BCUT2D eigenvalue weighted by molar-refractivity contribution is 0.0950. The van der Waals surface area contributed by atoms with Crippen LogP contribution in [0.15, 0.2) is 70.3 Å². The van der Waals surface area contributed by atoms with Crippen molar-refractivity contribution in [1.82, 2.24) is 5.32 Å². The molecule has 0 fully saturated rings. The molecule has 0 radical (unpaired) electrons. The molecule has 1 N–H and O–H groups in total. The number of nitrogens with zero attached hydrogens (tertiary/aromatic N) is 1. The van der Waals surface area contributed by atoms with Crippen LogP contribution >= 0.6 is 11.3 Å². The highest BCUT2D eigenvalue weighted by Crippen LogP contribution is 2.25. The Morgan fingerprint density at radius 2 is 1.78 bits per heavy atom. The summed E-state index contributed by atoms with van der Waals surface area (Å²) < 4.78 is 40.1. The van der Waals surface area contributed by atoms with E-state index in [0.29, 0.717) is 16.8 Å². The number of anilines is 1. The first-order valence-electron chi connectivity index (χ1n) is 8.03. The summed E-state index contributed by atoms with van der Waals surface area (Å²) in [5.41, 5.74) is 1.19. The summed E-state index contributed by atoms with van der Waals surface area (Å²) in [4.78, 5) is 12.2. The van der Waals surface area contributed by atoms with Gasteiger partial charge in [0.1, 0.15) is 10.0 Å². The molecule has 2 aromatic carbocycles. The number of hydrogen-bond donors (Lipinski definition) is 1. The minimum absolute atomic E-state index is 0.0694. The van der Waals surface area contributed by atoms with E-state index in [2.05, 4.69) is 5.32 Å². The smallest absolute Gasteiger partial charge is 0.273 e. The van der Waals surface area contributed by atoms with Crippen molar-refractivity contribution in [2.75, 3.05) is 11.4 Å². The number of thiophene rings is 1. The molecule has 0 spiro atoms. The van der Waals surface area contributed by atoms with Gasteiger partial charge in [-0.2, -0.15) is 0 Å². The van der Waals surface area contributed by atoms with Gasteiger partial charge >= 0.3 is 0 Å². The molecule has 0 aliphatic carbocycles. The van der Waals surface area contributed by atoms with Crippen LogP contribution in [0.2, 0.25) is 0 Å². The van der Waals surface area contributed by atoms with E-state index in [-0.39, 0.29) is 22.5 Å². The zero-order chi connectivity index (χ0) is 19.4. The molecule has 0 aliphatic heterocycles. The van der Waals surface area contributed by atoms with E-state index in [0.717, 1.165) is 11.3 Å². The third kappa shape index (κ3) is 4.17. The number of sulfonamides is 1. The van der Waals surface area contributed by atoms with Crippen molar-refractivity contribution in [3.05, 3.63) is 83.0 Å². The van der Waals surface area contributed by atoms with Crippen molar-refractivity contribution >= 4 is 33.0 Å². The molecule has 3 aromatic rings.